The van der Waals surface area contributed by atoms with Crippen LogP contribution >= 0.6 is 79.6 Å². The number of rotatable bonds is 3. The second-order valence-electron chi connectivity index (χ2n) is 3.06. The molecular formula is C10H7Br5O2. The third-order valence-corrected chi connectivity index (χ3v) is 8.22. The zero-order valence-electron chi connectivity index (χ0n) is 8.62. The number of halogens is 5. The van der Waals surface area contributed by atoms with Crippen molar-refractivity contribution in [1.29, 1.82) is 0 Å². The summed E-state index contributed by atoms with van der Waals surface area (Å²) in [4.78, 5) is 11.2. The molecule has 1 aromatic rings. The van der Waals surface area contributed by atoms with E-state index in [2.05, 4.69) is 79.6 Å². The SMILES string of the molecule is CCC(=O)OCc1c(Br)c(Br)c(Br)c(Br)c1Br. The van der Waals surface area contributed by atoms with E-state index in [0.717, 1.165) is 27.9 Å². The van der Waals surface area contributed by atoms with Crippen molar-refractivity contribution < 1.29 is 9.53 Å². The summed E-state index contributed by atoms with van der Waals surface area (Å²) in [5.41, 5.74) is 0.869. The van der Waals surface area contributed by atoms with Crippen LogP contribution in [-0.2, 0) is 16.1 Å². The van der Waals surface area contributed by atoms with Gasteiger partial charge in [0.05, 0.1) is 0 Å². The monoisotopic (exact) mass is 554 g/mol. The number of carbonyl (C=O) groups is 1. The summed E-state index contributed by atoms with van der Waals surface area (Å²) in [6, 6.07) is 0. The highest BCUT2D eigenvalue weighted by Gasteiger charge is 2.18. The van der Waals surface area contributed by atoms with Gasteiger partial charge in [0.15, 0.2) is 0 Å². The summed E-state index contributed by atoms with van der Waals surface area (Å²) in [6.07, 6.45) is 0.369. The van der Waals surface area contributed by atoms with Gasteiger partial charge >= 0.3 is 5.97 Å². The van der Waals surface area contributed by atoms with Crippen molar-refractivity contribution >= 4 is 85.6 Å². The lowest BCUT2D eigenvalue weighted by molar-refractivity contribution is -0.144. The van der Waals surface area contributed by atoms with Gasteiger partial charge in [0.25, 0.3) is 0 Å². The third kappa shape index (κ3) is 3.78. The smallest absolute Gasteiger partial charge is 0.305 e. The van der Waals surface area contributed by atoms with Crippen LogP contribution in [0.15, 0.2) is 22.4 Å². The topological polar surface area (TPSA) is 26.3 Å². The maximum atomic E-state index is 11.2. The van der Waals surface area contributed by atoms with Crippen LogP contribution in [0.5, 0.6) is 0 Å². The molecule has 0 aromatic heterocycles. The minimum Gasteiger partial charge on any atom is -0.461 e. The fourth-order valence-corrected chi connectivity index (χ4v) is 4.39. The van der Waals surface area contributed by atoms with Gasteiger partial charge in [-0.3, -0.25) is 4.79 Å². The van der Waals surface area contributed by atoms with Gasteiger partial charge in [-0.25, -0.2) is 0 Å². The first-order chi connectivity index (χ1) is 7.90. The van der Waals surface area contributed by atoms with E-state index in [1.54, 1.807) is 6.92 Å². The molecule has 1 rings (SSSR count). The van der Waals surface area contributed by atoms with Gasteiger partial charge in [-0.2, -0.15) is 0 Å². The van der Waals surface area contributed by atoms with Crippen molar-refractivity contribution in [2.45, 2.75) is 20.0 Å². The zero-order chi connectivity index (χ0) is 13.2. The average Bonchev–Trinajstić information content (AvgIpc) is 2.33. The molecule has 0 atom stereocenters. The zero-order valence-corrected chi connectivity index (χ0v) is 16.6. The minimum atomic E-state index is -0.223. The molecule has 0 amide bonds. The van der Waals surface area contributed by atoms with Crippen molar-refractivity contribution in [3.63, 3.8) is 0 Å². The number of ether oxygens (including phenoxy) is 1. The van der Waals surface area contributed by atoms with E-state index in [1.807, 2.05) is 0 Å². The molecule has 0 radical (unpaired) electrons. The average molecular weight is 559 g/mol. The quantitative estimate of drug-likeness (QED) is 0.260. The highest BCUT2D eigenvalue weighted by atomic mass is 79.9. The van der Waals surface area contributed by atoms with Crippen LogP contribution in [0.4, 0.5) is 0 Å². The molecule has 7 heteroatoms. The fraction of sp³-hybridized carbons (Fsp3) is 0.300. The molecule has 0 heterocycles. The lowest BCUT2D eigenvalue weighted by Gasteiger charge is -2.13. The van der Waals surface area contributed by atoms with Crippen molar-refractivity contribution in [1.82, 2.24) is 0 Å². The number of carbonyl (C=O) groups excluding carboxylic acids is 1. The molecule has 17 heavy (non-hydrogen) atoms. The van der Waals surface area contributed by atoms with Crippen LogP contribution in [0.25, 0.3) is 0 Å². The molecule has 0 aliphatic rings. The Labute approximate surface area is 142 Å². The van der Waals surface area contributed by atoms with Crippen LogP contribution in [0.2, 0.25) is 0 Å². The Balaban J connectivity index is 3.12. The van der Waals surface area contributed by atoms with Gasteiger partial charge in [0.1, 0.15) is 6.61 Å². The molecule has 0 aliphatic carbocycles. The van der Waals surface area contributed by atoms with Crippen molar-refractivity contribution in [2.75, 3.05) is 0 Å². The fourth-order valence-electron chi connectivity index (χ4n) is 1.03. The first kappa shape index (κ1) is 16.1. The van der Waals surface area contributed by atoms with E-state index in [0.29, 0.717) is 6.42 Å². The van der Waals surface area contributed by atoms with Gasteiger partial charge in [-0.15, -0.1) is 0 Å². The van der Waals surface area contributed by atoms with Crippen LogP contribution < -0.4 is 0 Å². The van der Waals surface area contributed by atoms with Crippen LogP contribution in [0, 0.1) is 0 Å². The van der Waals surface area contributed by atoms with Crippen LogP contribution in [0.1, 0.15) is 18.9 Å². The standard InChI is InChI=1S/C10H7Br5O2/c1-2-5(16)17-3-4-6(11)8(13)10(15)9(14)7(4)12/h2-3H2,1H3. The number of benzene rings is 1. The van der Waals surface area contributed by atoms with Gasteiger partial charge in [-0.05, 0) is 79.6 Å². The third-order valence-electron chi connectivity index (χ3n) is 1.97. The molecule has 0 unspecified atom stereocenters. The predicted octanol–water partition coefficient (Wildman–Crippen LogP) is 5.95. The van der Waals surface area contributed by atoms with E-state index >= 15 is 0 Å². The minimum absolute atomic E-state index is 0.221. The predicted molar refractivity (Wildman–Crippen MR) is 85.0 cm³/mol. The van der Waals surface area contributed by atoms with Crippen molar-refractivity contribution in [3.8, 4) is 0 Å². The maximum absolute atomic E-state index is 11.2. The van der Waals surface area contributed by atoms with E-state index in [1.165, 1.54) is 0 Å². The Hall–Kier alpha value is 1.09. The summed E-state index contributed by atoms with van der Waals surface area (Å²) < 4.78 is 9.47. The molecule has 0 bridgehead atoms. The maximum Gasteiger partial charge on any atom is 0.305 e. The molecule has 0 saturated heterocycles. The first-order valence-electron chi connectivity index (χ1n) is 4.56. The Kier molecular flexibility index (Phi) is 6.67. The lowest BCUT2D eigenvalue weighted by Crippen LogP contribution is -2.04. The summed E-state index contributed by atoms with van der Waals surface area (Å²) in [6.45, 7) is 1.98. The van der Waals surface area contributed by atoms with E-state index in [-0.39, 0.29) is 12.6 Å². The normalized spacial score (nSPS) is 10.5. The summed E-state index contributed by atoms with van der Waals surface area (Å²) in [5.74, 6) is -0.223. The largest absolute Gasteiger partial charge is 0.461 e. The molecule has 0 saturated carbocycles. The molecule has 2 nitrogen and oxygen atoms in total. The van der Waals surface area contributed by atoms with Gasteiger partial charge in [0.2, 0.25) is 0 Å². The first-order valence-corrected chi connectivity index (χ1v) is 8.52. The number of hydrogen-bond acceptors (Lipinski definition) is 2. The van der Waals surface area contributed by atoms with E-state index < -0.39 is 0 Å². The molecular weight excluding hydrogens is 552 g/mol. The summed E-state index contributed by atoms with van der Waals surface area (Å²) in [7, 11) is 0. The highest BCUT2D eigenvalue weighted by Crippen LogP contribution is 2.44. The number of esters is 1. The molecule has 0 spiro atoms. The summed E-state index contributed by atoms with van der Waals surface area (Å²) >= 11 is 17.3. The number of hydrogen-bond donors (Lipinski definition) is 0. The van der Waals surface area contributed by atoms with Crippen LogP contribution in [0.3, 0.4) is 0 Å². The second-order valence-corrected chi connectivity index (χ2v) is 7.03. The van der Waals surface area contributed by atoms with Crippen LogP contribution in [-0.4, -0.2) is 5.97 Å². The molecule has 1 aromatic carbocycles. The van der Waals surface area contributed by atoms with Gasteiger partial charge in [0, 0.05) is 34.3 Å². The second kappa shape index (κ2) is 7.03. The highest BCUT2D eigenvalue weighted by molar-refractivity contribution is 9.15. The van der Waals surface area contributed by atoms with Gasteiger partial charge < -0.3 is 4.74 Å². The summed E-state index contributed by atoms with van der Waals surface area (Å²) in [5, 5.41) is 0. The Morgan fingerprint density at radius 1 is 0.941 bits per heavy atom. The Bertz CT molecular complexity index is 429. The lowest BCUT2D eigenvalue weighted by atomic mass is 10.2. The van der Waals surface area contributed by atoms with Crippen molar-refractivity contribution in [3.05, 3.63) is 27.9 Å². The van der Waals surface area contributed by atoms with E-state index in [4.69, 9.17) is 4.74 Å². The van der Waals surface area contributed by atoms with Crippen molar-refractivity contribution in [2.24, 2.45) is 0 Å². The van der Waals surface area contributed by atoms with Gasteiger partial charge in [-0.1, -0.05) is 6.92 Å². The molecule has 0 fully saturated rings. The Morgan fingerprint density at radius 2 is 1.35 bits per heavy atom. The molecule has 0 N–H and O–H groups in total. The molecule has 94 valence electrons. The molecule has 0 aliphatic heterocycles. The Morgan fingerprint density at radius 3 is 1.76 bits per heavy atom. The van der Waals surface area contributed by atoms with E-state index in [9.17, 15) is 4.79 Å².